The second-order valence-corrected chi connectivity index (χ2v) is 8.92. The second kappa shape index (κ2) is 5.85. The summed E-state index contributed by atoms with van der Waals surface area (Å²) in [6.45, 7) is 16.7. The van der Waals surface area contributed by atoms with Gasteiger partial charge in [-0.3, -0.25) is 0 Å². The summed E-state index contributed by atoms with van der Waals surface area (Å²) in [7, 11) is -0.751. The van der Waals surface area contributed by atoms with Crippen LogP contribution in [-0.4, -0.2) is 36.6 Å². The smallest absolute Gasteiger partial charge is 0.399 e. The molecule has 0 aromatic heterocycles. The van der Waals surface area contributed by atoms with Crippen molar-refractivity contribution in [3.8, 4) is 0 Å². The summed E-state index contributed by atoms with van der Waals surface area (Å²) < 4.78 is 24.9. The first-order valence-corrected chi connectivity index (χ1v) is 9.22. The maximum absolute atomic E-state index is 6.30. The monoisotopic (exact) mass is 344 g/mol. The predicted octanol–water partition coefficient (Wildman–Crippen LogP) is 2.68. The topological polar surface area (TPSA) is 36.9 Å². The SMILES string of the molecule is CCC1(C)OB(c2cccc(B3OC(C)(C)C(C)(C)O3)c2)OC1(C)C. The highest BCUT2D eigenvalue weighted by Crippen LogP contribution is 2.39. The average molecular weight is 344 g/mol. The van der Waals surface area contributed by atoms with Gasteiger partial charge in [0.25, 0.3) is 0 Å². The van der Waals surface area contributed by atoms with Crippen LogP contribution in [0.15, 0.2) is 24.3 Å². The maximum Gasteiger partial charge on any atom is 0.494 e. The Kier molecular flexibility index (Phi) is 4.44. The zero-order chi connectivity index (χ0) is 18.7. The molecule has 3 rings (SSSR count). The van der Waals surface area contributed by atoms with Gasteiger partial charge in [0.2, 0.25) is 0 Å². The van der Waals surface area contributed by atoms with E-state index in [1.165, 1.54) is 0 Å². The second-order valence-electron chi connectivity index (χ2n) is 8.92. The van der Waals surface area contributed by atoms with E-state index in [0.29, 0.717) is 0 Å². The lowest BCUT2D eigenvalue weighted by Crippen LogP contribution is -2.44. The third-order valence-electron chi connectivity index (χ3n) is 6.43. The van der Waals surface area contributed by atoms with Crippen LogP contribution in [0.4, 0.5) is 0 Å². The molecule has 25 heavy (non-hydrogen) atoms. The Morgan fingerprint density at radius 3 is 1.60 bits per heavy atom. The summed E-state index contributed by atoms with van der Waals surface area (Å²) in [5.41, 5.74) is 0.641. The van der Waals surface area contributed by atoms with Crippen LogP contribution in [0.1, 0.15) is 61.8 Å². The van der Waals surface area contributed by atoms with Gasteiger partial charge in [-0.1, -0.05) is 31.2 Å². The molecule has 0 spiro atoms. The number of benzene rings is 1. The van der Waals surface area contributed by atoms with E-state index in [1.54, 1.807) is 0 Å². The fraction of sp³-hybridized carbons (Fsp3) is 0.684. The Bertz CT molecular complexity index is 643. The molecule has 4 nitrogen and oxygen atoms in total. The third-order valence-corrected chi connectivity index (χ3v) is 6.43. The lowest BCUT2D eigenvalue weighted by molar-refractivity contribution is -0.0118. The van der Waals surface area contributed by atoms with Gasteiger partial charge in [0.15, 0.2) is 0 Å². The minimum atomic E-state index is -0.378. The number of hydrogen-bond acceptors (Lipinski definition) is 4. The lowest BCUT2D eigenvalue weighted by atomic mass is 9.72. The first kappa shape index (κ1) is 19.0. The molecule has 0 radical (unpaired) electrons. The number of hydrogen-bond donors (Lipinski definition) is 0. The minimum Gasteiger partial charge on any atom is -0.399 e. The van der Waals surface area contributed by atoms with E-state index < -0.39 is 0 Å². The Hall–Kier alpha value is -0.810. The van der Waals surface area contributed by atoms with E-state index in [4.69, 9.17) is 18.6 Å². The molecule has 0 N–H and O–H groups in total. The summed E-state index contributed by atoms with van der Waals surface area (Å²) in [4.78, 5) is 0. The fourth-order valence-corrected chi connectivity index (χ4v) is 3.27. The largest absolute Gasteiger partial charge is 0.494 e. The van der Waals surface area contributed by atoms with E-state index >= 15 is 0 Å². The van der Waals surface area contributed by atoms with Gasteiger partial charge in [0.1, 0.15) is 0 Å². The molecule has 0 amide bonds. The Balaban J connectivity index is 1.85. The maximum atomic E-state index is 6.30. The van der Waals surface area contributed by atoms with Gasteiger partial charge in [-0.25, -0.2) is 0 Å². The van der Waals surface area contributed by atoms with E-state index in [9.17, 15) is 0 Å². The van der Waals surface area contributed by atoms with Crippen LogP contribution < -0.4 is 10.9 Å². The molecule has 1 atom stereocenters. The van der Waals surface area contributed by atoms with Crippen LogP contribution in [0, 0.1) is 0 Å². The van der Waals surface area contributed by atoms with Crippen molar-refractivity contribution < 1.29 is 18.6 Å². The van der Waals surface area contributed by atoms with Crippen molar-refractivity contribution in [3.63, 3.8) is 0 Å². The highest BCUT2D eigenvalue weighted by molar-refractivity contribution is 6.65. The van der Waals surface area contributed by atoms with Crippen LogP contribution in [0.2, 0.25) is 0 Å². The summed E-state index contributed by atoms with van der Waals surface area (Å²) in [6.07, 6.45) is 0.896. The Morgan fingerprint density at radius 2 is 1.16 bits per heavy atom. The summed E-state index contributed by atoms with van der Waals surface area (Å²) in [6, 6.07) is 8.16. The highest BCUT2D eigenvalue weighted by Gasteiger charge is 2.54. The molecule has 1 aromatic rings. The first-order chi connectivity index (χ1) is 11.4. The standard InChI is InChI=1S/C19H30B2O4/c1-9-19(8)18(6,7)24-21(25-19)15-12-10-11-14(13-15)20-22-16(2,3)17(4,5)23-20/h10-13H,9H2,1-8H3. The Morgan fingerprint density at radius 1 is 0.720 bits per heavy atom. The molecule has 6 heteroatoms. The summed E-state index contributed by atoms with van der Waals surface area (Å²) in [5.74, 6) is 0. The lowest BCUT2D eigenvalue weighted by Gasteiger charge is -2.35. The van der Waals surface area contributed by atoms with Gasteiger partial charge < -0.3 is 18.6 Å². The van der Waals surface area contributed by atoms with Crippen molar-refractivity contribution in [1.29, 1.82) is 0 Å². The van der Waals surface area contributed by atoms with Gasteiger partial charge >= 0.3 is 14.2 Å². The van der Waals surface area contributed by atoms with Crippen molar-refractivity contribution in [1.82, 2.24) is 0 Å². The van der Waals surface area contributed by atoms with Crippen molar-refractivity contribution in [2.75, 3.05) is 0 Å². The molecule has 2 aliphatic rings. The van der Waals surface area contributed by atoms with Crippen molar-refractivity contribution in [3.05, 3.63) is 24.3 Å². The van der Waals surface area contributed by atoms with Crippen LogP contribution in [0.25, 0.3) is 0 Å². The first-order valence-electron chi connectivity index (χ1n) is 9.22. The van der Waals surface area contributed by atoms with Crippen LogP contribution in [0.3, 0.4) is 0 Å². The molecule has 2 heterocycles. The van der Waals surface area contributed by atoms with Crippen LogP contribution in [0.5, 0.6) is 0 Å². The summed E-state index contributed by atoms with van der Waals surface area (Å²) >= 11 is 0. The zero-order valence-corrected chi connectivity index (χ0v) is 16.8. The van der Waals surface area contributed by atoms with E-state index in [2.05, 4.69) is 61.5 Å². The van der Waals surface area contributed by atoms with Gasteiger partial charge in [0.05, 0.1) is 22.4 Å². The average Bonchev–Trinajstić information content (AvgIpc) is 2.89. The molecule has 2 aliphatic heterocycles. The van der Waals surface area contributed by atoms with Crippen molar-refractivity contribution >= 4 is 25.2 Å². The van der Waals surface area contributed by atoms with E-state index in [-0.39, 0.29) is 36.6 Å². The Labute approximate surface area is 152 Å². The molecule has 0 aliphatic carbocycles. The van der Waals surface area contributed by atoms with Gasteiger partial charge in [-0.2, -0.15) is 0 Å². The van der Waals surface area contributed by atoms with Crippen LogP contribution >= 0.6 is 0 Å². The quantitative estimate of drug-likeness (QED) is 0.791. The molecule has 2 fully saturated rings. The van der Waals surface area contributed by atoms with Crippen molar-refractivity contribution in [2.24, 2.45) is 0 Å². The van der Waals surface area contributed by atoms with E-state index in [1.807, 2.05) is 18.2 Å². The third kappa shape index (κ3) is 3.08. The molecule has 0 saturated carbocycles. The molecule has 136 valence electrons. The predicted molar refractivity (Wildman–Crippen MR) is 102 cm³/mol. The van der Waals surface area contributed by atoms with Gasteiger partial charge in [-0.15, -0.1) is 0 Å². The molecule has 1 aromatic carbocycles. The zero-order valence-electron chi connectivity index (χ0n) is 16.8. The van der Waals surface area contributed by atoms with Crippen LogP contribution in [-0.2, 0) is 18.6 Å². The summed E-state index contributed by atoms with van der Waals surface area (Å²) in [5, 5.41) is 0. The molecule has 0 bridgehead atoms. The number of rotatable bonds is 3. The minimum absolute atomic E-state index is 0.308. The molecule has 1 unspecified atom stereocenters. The van der Waals surface area contributed by atoms with Gasteiger partial charge in [-0.05, 0) is 65.8 Å². The fourth-order valence-electron chi connectivity index (χ4n) is 3.27. The van der Waals surface area contributed by atoms with Crippen molar-refractivity contribution in [2.45, 2.75) is 84.2 Å². The molecular formula is C19H30B2O4. The molecular weight excluding hydrogens is 314 g/mol. The van der Waals surface area contributed by atoms with E-state index in [0.717, 1.165) is 17.3 Å². The normalized spacial score (nSPS) is 30.1. The molecule has 2 saturated heterocycles. The van der Waals surface area contributed by atoms with Gasteiger partial charge in [0, 0.05) is 0 Å². The highest BCUT2D eigenvalue weighted by atomic mass is 16.7.